The van der Waals surface area contributed by atoms with Crippen molar-refractivity contribution < 1.29 is 14.3 Å². The minimum absolute atomic E-state index is 0.0762. The molecule has 0 aliphatic heterocycles. The van der Waals surface area contributed by atoms with Crippen LogP contribution in [0.4, 0.5) is 0 Å². The fourth-order valence-electron chi connectivity index (χ4n) is 2.65. The number of hydrogen-bond donors (Lipinski definition) is 1. The number of halogens is 1. The van der Waals surface area contributed by atoms with Gasteiger partial charge >= 0.3 is 5.97 Å². The van der Waals surface area contributed by atoms with E-state index in [1.807, 2.05) is 26.0 Å². The maximum atomic E-state index is 12.7. The Balaban J connectivity index is 2.17. The zero-order valence-electron chi connectivity index (χ0n) is 16.3. The molecule has 1 aromatic carbocycles. The second kappa shape index (κ2) is 9.04. The van der Waals surface area contributed by atoms with E-state index in [-0.39, 0.29) is 30.4 Å². The average Bonchev–Trinajstić information content (AvgIpc) is 3.04. The maximum absolute atomic E-state index is 12.7. The topological polar surface area (TPSA) is 73.2 Å². The van der Waals surface area contributed by atoms with Crippen molar-refractivity contribution in [3.63, 3.8) is 0 Å². The third kappa shape index (κ3) is 5.32. The van der Waals surface area contributed by atoms with Crippen LogP contribution in [-0.2, 0) is 9.53 Å². The standard InChI is InChI=1S/C20H26ClN3O3/c1-12(2)18-17(11-23-24(18)16-8-6-15(21)7-9-16)19(25)22-10-14(5)20(26)27-13(3)4/h6-9,11-14H,10H2,1-5H3,(H,22,25)/t14-/m1/s1. The number of esters is 1. The first-order valence-corrected chi connectivity index (χ1v) is 9.41. The Labute approximate surface area is 164 Å². The number of hydrogen-bond acceptors (Lipinski definition) is 4. The molecular weight excluding hydrogens is 366 g/mol. The van der Waals surface area contributed by atoms with Gasteiger partial charge in [0.25, 0.3) is 5.91 Å². The van der Waals surface area contributed by atoms with Crippen LogP contribution in [0.3, 0.4) is 0 Å². The van der Waals surface area contributed by atoms with Gasteiger partial charge in [-0.2, -0.15) is 5.10 Å². The summed E-state index contributed by atoms with van der Waals surface area (Å²) >= 11 is 5.95. The molecule has 0 aliphatic carbocycles. The predicted molar refractivity (Wildman–Crippen MR) is 105 cm³/mol. The summed E-state index contributed by atoms with van der Waals surface area (Å²) in [6.07, 6.45) is 1.37. The quantitative estimate of drug-likeness (QED) is 0.725. The van der Waals surface area contributed by atoms with Gasteiger partial charge in [-0.1, -0.05) is 32.4 Å². The first-order chi connectivity index (χ1) is 12.7. The molecular formula is C20H26ClN3O3. The fraction of sp³-hybridized carbons (Fsp3) is 0.450. The number of nitrogens with zero attached hydrogens (tertiary/aromatic N) is 2. The Bertz CT molecular complexity index is 797. The molecule has 0 saturated carbocycles. The molecule has 0 saturated heterocycles. The van der Waals surface area contributed by atoms with Crippen molar-refractivity contribution in [2.75, 3.05) is 6.54 Å². The molecule has 2 rings (SSSR count). The lowest BCUT2D eigenvalue weighted by Crippen LogP contribution is -2.33. The maximum Gasteiger partial charge on any atom is 0.310 e. The summed E-state index contributed by atoms with van der Waals surface area (Å²) in [7, 11) is 0. The minimum atomic E-state index is -0.426. The number of ether oxygens (including phenoxy) is 1. The predicted octanol–water partition coefficient (Wildman–Crippen LogP) is 3.97. The molecule has 1 heterocycles. The van der Waals surface area contributed by atoms with E-state index >= 15 is 0 Å². The highest BCUT2D eigenvalue weighted by atomic mass is 35.5. The molecule has 0 radical (unpaired) electrons. The van der Waals surface area contributed by atoms with E-state index in [2.05, 4.69) is 10.4 Å². The van der Waals surface area contributed by atoms with Gasteiger partial charge in [-0.3, -0.25) is 9.59 Å². The summed E-state index contributed by atoms with van der Waals surface area (Å²) < 4.78 is 6.91. The number of carbonyl (C=O) groups is 2. The molecule has 1 atom stereocenters. The van der Waals surface area contributed by atoms with E-state index in [1.54, 1.807) is 43.8 Å². The molecule has 1 N–H and O–H groups in total. The van der Waals surface area contributed by atoms with E-state index < -0.39 is 5.92 Å². The lowest BCUT2D eigenvalue weighted by atomic mass is 10.0. The highest BCUT2D eigenvalue weighted by Gasteiger charge is 2.22. The molecule has 6 nitrogen and oxygen atoms in total. The Kier molecular flexibility index (Phi) is 7.02. The van der Waals surface area contributed by atoms with Crippen LogP contribution in [0, 0.1) is 5.92 Å². The minimum Gasteiger partial charge on any atom is -0.463 e. The van der Waals surface area contributed by atoms with Gasteiger partial charge in [-0.05, 0) is 44.0 Å². The van der Waals surface area contributed by atoms with E-state index in [0.717, 1.165) is 11.4 Å². The smallest absolute Gasteiger partial charge is 0.310 e. The number of benzene rings is 1. The molecule has 0 spiro atoms. The highest BCUT2D eigenvalue weighted by Crippen LogP contribution is 2.24. The monoisotopic (exact) mass is 391 g/mol. The zero-order valence-corrected chi connectivity index (χ0v) is 17.1. The molecule has 0 fully saturated rings. The molecule has 0 aliphatic rings. The Morgan fingerprint density at radius 3 is 2.33 bits per heavy atom. The first kappa shape index (κ1) is 21.0. The van der Waals surface area contributed by atoms with Crippen LogP contribution in [0.1, 0.15) is 56.6 Å². The summed E-state index contributed by atoms with van der Waals surface area (Å²) in [5.74, 6) is -0.938. The van der Waals surface area contributed by atoms with Crippen LogP contribution in [-0.4, -0.2) is 34.3 Å². The number of carbonyl (C=O) groups excluding carboxylic acids is 2. The van der Waals surface area contributed by atoms with Gasteiger partial charge in [0.2, 0.25) is 0 Å². The van der Waals surface area contributed by atoms with Crippen LogP contribution >= 0.6 is 11.6 Å². The normalized spacial score (nSPS) is 12.3. The van der Waals surface area contributed by atoms with Crippen molar-refractivity contribution in [2.24, 2.45) is 5.92 Å². The van der Waals surface area contributed by atoms with Crippen molar-refractivity contribution in [2.45, 2.75) is 46.6 Å². The van der Waals surface area contributed by atoms with Gasteiger partial charge < -0.3 is 10.1 Å². The third-order valence-corrected chi connectivity index (χ3v) is 4.24. The highest BCUT2D eigenvalue weighted by molar-refractivity contribution is 6.30. The summed E-state index contributed by atoms with van der Waals surface area (Å²) in [5, 5.41) is 7.83. The summed E-state index contributed by atoms with van der Waals surface area (Å²) in [6, 6.07) is 7.27. The van der Waals surface area contributed by atoms with Gasteiger partial charge in [-0.15, -0.1) is 0 Å². The van der Waals surface area contributed by atoms with Crippen molar-refractivity contribution in [1.29, 1.82) is 0 Å². The summed E-state index contributed by atoms with van der Waals surface area (Å²) in [6.45, 7) is 9.53. The Hall–Kier alpha value is -2.34. The molecule has 146 valence electrons. The molecule has 1 aromatic heterocycles. The van der Waals surface area contributed by atoms with Crippen molar-refractivity contribution in [3.8, 4) is 5.69 Å². The van der Waals surface area contributed by atoms with Gasteiger partial charge in [-0.25, -0.2) is 4.68 Å². The number of rotatable bonds is 7. The van der Waals surface area contributed by atoms with E-state index in [1.165, 1.54) is 0 Å². The van der Waals surface area contributed by atoms with Gasteiger partial charge in [0.05, 0.1) is 35.2 Å². The summed E-state index contributed by atoms with van der Waals surface area (Å²) in [4.78, 5) is 24.6. The van der Waals surface area contributed by atoms with E-state index in [9.17, 15) is 9.59 Å². The Morgan fingerprint density at radius 2 is 1.78 bits per heavy atom. The third-order valence-electron chi connectivity index (χ3n) is 3.99. The number of aromatic nitrogens is 2. The van der Waals surface area contributed by atoms with Crippen molar-refractivity contribution in [3.05, 3.63) is 46.7 Å². The van der Waals surface area contributed by atoms with E-state index in [4.69, 9.17) is 16.3 Å². The summed E-state index contributed by atoms with van der Waals surface area (Å²) in [5.41, 5.74) is 2.12. The van der Waals surface area contributed by atoms with Crippen LogP contribution in [0.15, 0.2) is 30.5 Å². The van der Waals surface area contributed by atoms with Crippen LogP contribution in [0.25, 0.3) is 5.69 Å². The zero-order chi connectivity index (χ0) is 20.1. The molecule has 2 aromatic rings. The second-order valence-electron chi connectivity index (χ2n) is 7.08. The van der Waals surface area contributed by atoms with Crippen LogP contribution in [0.2, 0.25) is 5.02 Å². The van der Waals surface area contributed by atoms with Gasteiger partial charge in [0.15, 0.2) is 0 Å². The molecule has 27 heavy (non-hydrogen) atoms. The average molecular weight is 392 g/mol. The lowest BCUT2D eigenvalue weighted by Gasteiger charge is -2.15. The van der Waals surface area contributed by atoms with Crippen molar-refractivity contribution >= 4 is 23.5 Å². The van der Waals surface area contributed by atoms with Crippen molar-refractivity contribution in [1.82, 2.24) is 15.1 Å². The van der Waals surface area contributed by atoms with E-state index in [0.29, 0.717) is 10.6 Å². The lowest BCUT2D eigenvalue weighted by molar-refractivity contribution is -0.151. The largest absolute Gasteiger partial charge is 0.463 e. The molecule has 0 unspecified atom stereocenters. The molecule has 1 amide bonds. The number of nitrogens with one attached hydrogen (secondary N) is 1. The second-order valence-corrected chi connectivity index (χ2v) is 7.52. The Morgan fingerprint density at radius 1 is 1.15 bits per heavy atom. The first-order valence-electron chi connectivity index (χ1n) is 9.03. The van der Waals surface area contributed by atoms with Crippen LogP contribution in [0.5, 0.6) is 0 Å². The van der Waals surface area contributed by atoms with Crippen LogP contribution < -0.4 is 5.32 Å². The fourth-order valence-corrected chi connectivity index (χ4v) is 2.78. The number of amides is 1. The van der Waals surface area contributed by atoms with Gasteiger partial charge in [0, 0.05) is 11.6 Å². The SMILES string of the molecule is CC(C)OC(=O)[C@H](C)CNC(=O)c1cnn(-c2ccc(Cl)cc2)c1C(C)C. The molecule has 0 bridgehead atoms. The molecule has 7 heteroatoms. The van der Waals surface area contributed by atoms with Gasteiger partial charge in [0.1, 0.15) is 0 Å².